The van der Waals surface area contributed by atoms with Gasteiger partial charge in [-0.3, -0.25) is 0 Å². The molecule has 0 nitrogen and oxygen atoms in total. The fraction of sp³-hybridized carbons (Fsp3) is 1.00. The Morgan fingerprint density at radius 3 is 1.38 bits per heavy atom. The van der Waals surface area contributed by atoms with Crippen molar-refractivity contribution in [2.75, 3.05) is 23.0 Å². The predicted octanol–water partition coefficient (Wildman–Crippen LogP) is 3.62. The molecule has 2 saturated heterocycles. The SMILES string of the molecule is CC1SCC2(CS1)CSC(C)SC2. The summed E-state index contributed by atoms with van der Waals surface area (Å²) in [7, 11) is 0. The minimum atomic E-state index is 0.670. The lowest BCUT2D eigenvalue weighted by Gasteiger charge is -2.42. The van der Waals surface area contributed by atoms with Crippen LogP contribution in [0.15, 0.2) is 0 Å². The van der Waals surface area contributed by atoms with Crippen molar-refractivity contribution < 1.29 is 0 Å². The van der Waals surface area contributed by atoms with Gasteiger partial charge in [0.2, 0.25) is 0 Å². The van der Waals surface area contributed by atoms with Crippen molar-refractivity contribution in [1.82, 2.24) is 0 Å². The highest BCUT2D eigenvalue weighted by atomic mass is 32.2. The van der Waals surface area contributed by atoms with E-state index in [9.17, 15) is 0 Å². The monoisotopic (exact) mass is 252 g/mol. The first-order valence-corrected chi connectivity index (χ1v) is 8.86. The van der Waals surface area contributed by atoms with Gasteiger partial charge < -0.3 is 0 Å². The number of hydrogen-bond acceptors (Lipinski definition) is 4. The third kappa shape index (κ3) is 2.70. The first kappa shape index (κ1) is 10.9. The Morgan fingerprint density at radius 2 is 1.08 bits per heavy atom. The van der Waals surface area contributed by atoms with Crippen molar-refractivity contribution in [2.24, 2.45) is 5.41 Å². The van der Waals surface area contributed by atoms with Crippen molar-refractivity contribution >= 4 is 47.0 Å². The summed E-state index contributed by atoms with van der Waals surface area (Å²) in [5.74, 6) is 5.59. The Hall–Kier alpha value is 1.40. The van der Waals surface area contributed by atoms with Crippen LogP contribution in [-0.4, -0.2) is 32.2 Å². The number of thioether (sulfide) groups is 4. The summed E-state index contributed by atoms with van der Waals surface area (Å²) >= 11 is 8.64. The van der Waals surface area contributed by atoms with E-state index in [1.165, 1.54) is 23.0 Å². The molecule has 1 spiro atoms. The second-order valence-electron chi connectivity index (χ2n) is 3.88. The van der Waals surface area contributed by atoms with Gasteiger partial charge in [-0.15, -0.1) is 47.0 Å². The van der Waals surface area contributed by atoms with Gasteiger partial charge in [0.15, 0.2) is 0 Å². The first-order chi connectivity index (χ1) is 6.20. The Morgan fingerprint density at radius 1 is 0.769 bits per heavy atom. The molecule has 0 aromatic rings. The average Bonchev–Trinajstić information content (AvgIpc) is 2.16. The van der Waals surface area contributed by atoms with E-state index in [2.05, 4.69) is 60.9 Å². The van der Waals surface area contributed by atoms with Crippen LogP contribution < -0.4 is 0 Å². The van der Waals surface area contributed by atoms with Crippen LogP contribution in [0.5, 0.6) is 0 Å². The van der Waals surface area contributed by atoms with Crippen LogP contribution in [0.4, 0.5) is 0 Å². The summed E-state index contributed by atoms with van der Waals surface area (Å²) in [6, 6.07) is 0. The van der Waals surface area contributed by atoms with E-state index in [4.69, 9.17) is 0 Å². The van der Waals surface area contributed by atoms with E-state index in [-0.39, 0.29) is 0 Å². The normalized spacial score (nSPS) is 46.6. The minimum absolute atomic E-state index is 0.670. The highest BCUT2D eigenvalue weighted by molar-refractivity contribution is 8.19. The van der Waals surface area contributed by atoms with E-state index in [1.54, 1.807) is 0 Å². The average molecular weight is 252 g/mol. The molecule has 0 aromatic carbocycles. The molecule has 76 valence electrons. The molecular weight excluding hydrogens is 236 g/mol. The van der Waals surface area contributed by atoms with Crippen LogP contribution in [0.2, 0.25) is 0 Å². The van der Waals surface area contributed by atoms with Crippen LogP contribution in [0, 0.1) is 5.41 Å². The third-order valence-corrected chi connectivity index (χ3v) is 9.12. The summed E-state index contributed by atoms with van der Waals surface area (Å²) in [5, 5.41) is 0. The van der Waals surface area contributed by atoms with Gasteiger partial charge in [0.25, 0.3) is 0 Å². The quantitative estimate of drug-likeness (QED) is 0.645. The van der Waals surface area contributed by atoms with E-state index in [0.717, 1.165) is 9.16 Å². The summed E-state index contributed by atoms with van der Waals surface area (Å²) in [6.07, 6.45) is 0. The molecule has 0 atom stereocenters. The van der Waals surface area contributed by atoms with Gasteiger partial charge in [0, 0.05) is 37.6 Å². The maximum atomic E-state index is 2.34. The molecule has 2 aliphatic heterocycles. The van der Waals surface area contributed by atoms with Crippen LogP contribution in [0.1, 0.15) is 13.8 Å². The molecular formula is C9H16S4. The third-order valence-electron chi connectivity index (χ3n) is 2.50. The first-order valence-electron chi connectivity index (χ1n) is 4.67. The van der Waals surface area contributed by atoms with Crippen molar-refractivity contribution in [1.29, 1.82) is 0 Å². The molecule has 0 radical (unpaired) electrons. The zero-order valence-electron chi connectivity index (χ0n) is 8.12. The standard InChI is InChI=1S/C9H16S4/c1-7-10-3-9(4-11-7)5-12-8(2)13-6-9/h7-8H,3-6H2,1-2H3. The molecule has 2 heterocycles. The summed E-state index contributed by atoms with van der Waals surface area (Å²) in [5.41, 5.74) is 0.670. The zero-order valence-corrected chi connectivity index (χ0v) is 11.4. The molecule has 4 heteroatoms. The summed E-state index contributed by atoms with van der Waals surface area (Å²) in [4.78, 5) is 0. The van der Waals surface area contributed by atoms with Crippen molar-refractivity contribution in [3.8, 4) is 0 Å². The Kier molecular flexibility index (Phi) is 3.77. The van der Waals surface area contributed by atoms with Crippen LogP contribution in [-0.2, 0) is 0 Å². The molecule has 2 fully saturated rings. The molecule has 2 aliphatic rings. The molecule has 0 aliphatic carbocycles. The lowest BCUT2D eigenvalue weighted by atomic mass is 9.99. The van der Waals surface area contributed by atoms with E-state index >= 15 is 0 Å². The van der Waals surface area contributed by atoms with E-state index in [0.29, 0.717) is 5.41 Å². The number of rotatable bonds is 0. The lowest BCUT2D eigenvalue weighted by molar-refractivity contribution is 0.509. The maximum absolute atomic E-state index is 2.34. The Balaban J connectivity index is 1.90. The predicted molar refractivity (Wildman–Crippen MR) is 71.2 cm³/mol. The molecule has 0 N–H and O–H groups in total. The zero-order chi connectivity index (χ0) is 9.31. The Labute approximate surface area is 98.1 Å². The molecule has 2 rings (SSSR count). The number of hydrogen-bond donors (Lipinski definition) is 0. The summed E-state index contributed by atoms with van der Waals surface area (Å²) < 4.78 is 1.67. The van der Waals surface area contributed by atoms with Crippen molar-refractivity contribution in [3.63, 3.8) is 0 Å². The van der Waals surface area contributed by atoms with Crippen molar-refractivity contribution in [2.45, 2.75) is 23.0 Å². The van der Waals surface area contributed by atoms with E-state index in [1.807, 2.05) is 0 Å². The van der Waals surface area contributed by atoms with Gasteiger partial charge in [0.05, 0.1) is 0 Å². The minimum Gasteiger partial charge on any atom is -0.147 e. The molecule has 0 aromatic heterocycles. The molecule has 0 unspecified atom stereocenters. The smallest absolute Gasteiger partial charge is 0.0474 e. The van der Waals surface area contributed by atoms with E-state index < -0.39 is 0 Å². The molecule has 0 saturated carbocycles. The van der Waals surface area contributed by atoms with Crippen LogP contribution >= 0.6 is 47.0 Å². The summed E-state index contributed by atoms with van der Waals surface area (Å²) in [6.45, 7) is 4.68. The maximum Gasteiger partial charge on any atom is 0.0474 e. The largest absolute Gasteiger partial charge is 0.147 e. The molecule has 0 bridgehead atoms. The van der Waals surface area contributed by atoms with Gasteiger partial charge in [-0.25, -0.2) is 0 Å². The van der Waals surface area contributed by atoms with Gasteiger partial charge >= 0.3 is 0 Å². The highest BCUT2D eigenvalue weighted by Gasteiger charge is 2.38. The van der Waals surface area contributed by atoms with Gasteiger partial charge in [-0.05, 0) is 13.8 Å². The Bertz CT molecular complexity index is 143. The molecule has 0 amide bonds. The van der Waals surface area contributed by atoms with Crippen LogP contribution in [0.3, 0.4) is 0 Å². The topological polar surface area (TPSA) is 0 Å². The molecule has 13 heavy (non-hydrogen) atoms. The van der Waals surface area contributed by atoms with Gasteiger partial charge in [-0.1, -0.05) is 0 Å². The fourth-order valence-corrected chi connectivity index (χ4v) is 7.46. The highest BCUT2D eigenvalue weighted by Crippen LogP contribution is 2.48. The fourth-order valence-electron chi connectivity index (χ4n) is 1.52. The second kappa shape index (κ2) is 4.50. The second-order valence-corrected chi connectivity index (χ2v) is 9.79. The van der Waals surface area contributed by atoms with Crippen molar-refractivity contribution in [3.05, 3.63) is 0 Å². The van der Waals surface area contributed by atoms with Crippen LogP contribution in [0.25, 0.3) is 0 Å². The van der Waals surface area contributed by atoms with Gasteiger partial charge in [-0.2, -0.15) is 0 Å². The van der Waals surface area contributed by atoms with Gasteiger partial charge in [0.1, 0.15) is 0 Å². The lowest BCUT2D eigenvalue weighted by Crippen LogP contribution is -2.39.